The third-order valence-electron chi connectivity index (χ3n) is 4.25. The summed E-state index contributed by atoms with van der Waals surface area (Å²) >= 11 is 6.06. The molecule has 0 spiro atoms. The molecule has 2 rings (SSSR count). The predicted molar refractivity (Wildman–Crippen MR) is 110 cm³/mol. The lowest BCUT2D eigenvalue weighted by Crippen LogP contribution is -2.56. The fraction of sp³-hybridized carbons (Fsp3) is 0.286. The number of halogens is 1. The summed E-state index contributed by atoms with van der Waals surface area (Å²) in [6.07, 6.45) is -2.27. The number of nitrogens with one attached hydrogen (secondary N) is 2. The fourth-order valence-corrected chi connectivity index (χ4v) is 2.86. The van der Waals surface area contributed by atoms with Gasteiger partial charge in [-0.1, -0.05) is 60.1 Å². The molecule has 9 heteroatoms. The normalized spacial score (nSPS) is 13.6. The Kier molecular flexibility index (Phi) is 8.64. The lowest BCUT2D eigenvalue weighted by molar-refractivity contribution is -0.142. The number of benzene rings is 2. The van der Waals surface area contributed by atoms with E-state index in [4.69, 9.17) is 16.3 Å². The van der Waals surface area contributed by atoms with Gasteiger partial charge in [-0.2, -0.15) is 0 Å². The average Bonchev–Trinajstić information content (AvgIpc) is 2.71. The van der Waals surface area contributed by atoms with Crippen molar-refractivity contribution in [3.8, 4) is 0 Å². The quantitative estimate of drug-likeness (QED) is 0.479. The Morgan fingerprint density at radius 2 is 1.67 bits per heavy atom. The predicted octanol–water partition coefficient (Wildman–Crippen LogP) is 2.13. The number of aliphatic hydroxyl groups excluding tert-OH is 1. The van der Waals surface area contributed by atoms with Crippen molar-refractivity contribution >= 4 is 29.6 Å². The first-order valence-electron chi connectivity index (χ1n) is 9.19. The molecular formula is C21H23ClN2O6. The van der Waals surface area contributed by atoms with E-state index in [2.05, 4.69) is 10.6 Å². The molecular weight excluding hydrogens is 412 g/mol. The largest absolute Gasteiger partial charge is 0.480 e. The zero-order valence-corrected chi connectivity index (χ0v) is 17.0. The van der Waals surface area contributed by atoms with Gasteiger partial charge in [0.25, 0.3) is 0 Å². The molecule has 2 amide bonds. The molecule has 0 radical (unpaired) electrons. The second-order valence-corrected chi connectivity index (χ2v) is 7.03. The molecule has 0 aromatic heterocycles. The van der Waals surface area contributed by atoms with Crippen LogP contribution in [0, 0.1) is 0 Å². The molecule has 160 valence electrons. The fourth-order valence-electron chi connectivity index (χ4n) is 2.64. The first-order valence-corrected chi connectivity index (χ1v) is 9.57. The number of aliphatic carboxylic acids is 1. The summed E-state index contributed by atoms with van der Waals surface area (Å²) in [6, 6.07) is 12.9. The summed E-state index contributed by atoms with van der Waals surface area (Å²) in [7, 11) is 0. The van der Waals surface area contributed by atoms with Crippen LogP contribution in [0.1, 0.15) is 18.1 Å². The van der Waals surface area contributed by atoms with Crippen LogP contribution in [-0.4, -0.2) is 46.4 Å². The molecule has 2 aromatic carbocycles. The van der Waals surface area contributed by atoms with E-state index in [1.54, 1.807) is 48.5 Å². The molecule has 0 unspecified atom stereocenters. The number of aliphatic hydroxyl groups is 1. The second kappa shape index (κ2) is 11.2. The molecule has 0 saturated heterocycles. The lowest BCUT2D eigenvalue weighted by atomic mass is 10.0. The van der Waals surface area contributed by atoms with Crippen LogP contribution in [0.25, 0.3) is 0 Å². The Hall–Kier alpha value is -3.10. The zero-order chi connectivity index (χ0) is 22.1. The first-order chi connectivity index (χ1) is 14.3. The molecule has 2 aromatic rings. The van der Waals surface area contributed by atoms with Gasteiger partial charge < -0.3 is 25.6 Å². The zero-order valence-electron chi connectivity index (χ0n) is 16.2. The van der Waals surface area contributed by atoms with Crippen molar-refractivity contribution in [2.45, 2.75) is 38.1 Å². The number of hydrogen-bond donors (Lipinski definition) is 4. The van der Waals surface area contributed by atoms with Crippen molar-refractivity contribution in [3.63, 3.8) is 0 Å². The van der Waals surface area contributed by atoms with Gasteiger partial charge in [0.15, 0.2) is 0 Å². The average molecular weight is 435 g/mol. The Labute approximate surface area is 178 Å². The SMILES string of the molecule is C[C@@H](O)[C@H](NC(=O)OCc1ccccc1)C(=O)N[C@H](Cc1ccccc1Cl)C(=O)O. The molecule has 0 aliphatic carbocycles. The van der Waals surface area contributed by atoms with Gasteiger partial charge in [0, 0.05) is 11.4 Å². The van der Waals surface area contributed by atoms with Crippen LogP contribution in [0.4, 0.5) is 4.79 Å². The van der Waals surface area contributed by atoms with Crippen molar-refractivity contribution in [3.05, 3.63) is 70.7 Å². The van der Waals surface area contributed by atoms with Crippen LogP contribution in [0.5, 0.6) is 0 Å². The van der Waals surface area contributed by atoms with E-state index in [-0.39, 0.29) is 13.0 Å². The van der Waals surface area contributed by atoms with Crippen molar-refractivity contribution in [2.24, 2.45) is 0 Å². The summed E-state index contributed by atoms with van der Waals surface area (Å²) in [5, 5.41) is 24.3. The number of ether oxygens (including phenoxy) is 1. The molecule has 0 bridgehead atoms. The van der Waals surface area contributed by atoms with Gasteiger partial charge in [-0.3, -0.25) is 4.79 Å². The van der Waals surface area contributed by atoms with Crippen LogP contribution in [-0.2, 0) is 27.4 Å². The number of carbonyl (C=O) groups is 3. The molecule has 0 fully saturated rings. The molecule has 0 heterocycles. The Balaban J connectivity index is 1.99. The maximum atomic E-state index is 12.5. The molecule has 0 saturated carbocycles. The minimum Gasteiger partial charge on any atom is -0.480 e. The van der Waals surface area contributed by atoms with Gasteiger partial charge in [0.05, 0.1) is 6.10 Å². The highest BCUT2D eigenvalue weighted by atomic mass is 35.5. The molecule has 4 N–H and O–H groups in total. The number of hydrogen-bond acceptors (Lipinski definition) is 5. The van der Waals surface area contributed by atoms with E-state index in [0.717, 1.165) is 5.56 Å². The number of amides is 2. The van der Waals surface area contributed by atoms with E-state index < -0.39 is 36.2 Å². The molecule has 30 heavy (non-hydrogen) atoms. The maximum absolute atomic E-state index is 12.5. The highest BCUT2D eigenvalue weighted by molar-refractivity contribution is 6.31. The van der Waals surface area contributed by atoms with Crippen LogP contribution in [0.3, 0.4) is 0 Å². The van der Waals surface area contributed by atoms with Gasteiger partial charge in [0.2, 0.25) is 5.91 Å². The molecule has 0 aliphatic heterocycles. The summed E-state index contributed by atoms with van der Waals surface area (Å²) in [4.78, 5) is 36.2. The van der Waals surface area contributed by atoms with Crippen LogP contribution in [0.15, 0.2) is 54.6 Å². The van der Waals surface area contributed by atoms with E-state index in [1.165, 1.54) is 6.92 Å². The summed E-state index contributed by atoms with van der Waals surface area (Å²) in [5.74, 6) is -2.14. The van der Waals surface area contributed by atoms with E-state index >= 15 is 0 Å². The van der Waals surface area contributed by atoms with Crippen molar-refractivity contribution in [2.75, 3.05) is 0 Å². The van der Waals surface area contributed by atoms with Gasteiger partial charge >= 0.3 is 12.1 Å². The maximum Gasteiger partial charge on any atom is 0.408 e. The highest BCUT2D eigenvalue weighted by Gasteiger charge is 2.30. The van der Waals surface area contributed by atoms with E-state index in [0.29, 0.717) is 10.6 Å². The van der Waals surface area contributed by atoms with Gasteiger partial charge in [-0.15, -0.1) is 0 Å². The van der Waals surface area contributed by atoms with Crippen LogP contribution in [0.2, 0.25) is 5.02 Å². The number of carboxylic acid groups (broad SMARTS) is 1. The van der Waals surface area contributed by atoms with E-state index in [9.17, 15) is 24.6 Å². The smallest absolute Gasteiger partial charge is 0.408 e. The molecule has 3 atom stereocenters. The molecule has 0 aliphatic rings. The van der Waals surface area contributed by atoms with Crippen molar-refractivity contribution in [1.29, 1.82) is 0 Å². The topological polar surface area (TPSA) is 125 Å². The van der Waals surface area contributed by atoms with Crippen LogP contribution >= 0.6 is 11.6 Å². The Bertz CT molecular complexity index is 875. The highest BCUT2D eigenvalue weighted by Crippen LogP contribution is 2.17. The second-order valence-electron chi connectivity index (χ2n) is 6.62. The standard InChI is InChI=1S/C21H23ClN2O6/c1-13(25)18(24-21(29)30-12-14-7-3-2-4-8-14)19(26)23-17(20(27)28)11-15-9-5-6-10-16(15)22/h2-10,13,17-18,25H,11-12H2,1H3,(H,23,26)(H,24,29)(H,27,28)/t13-,17-,18+/m1/s1. The third-order valence-corrected chi connectivity index (χ3v) is 4.62. The monoisotopic (exact) mass is 434 g/mol. The number of rotatable bonds is 9. The van der Waals surface area contributed by atoms with Gasteiger partial charge in [-0.25, -0.2) is 9.59 Å². The number of carbonyl (C=O) groups excluding carboxylic acids is 2. The van der Waals surface area contributed by atoms with Crippen molar-refractivity contribution in [1.82, 2.24) is 10.6 Å². The Morgan fingerprint density at radius 3 is 2.27 bits per heavy atom. The summed E-state index contributed by atoms with van der Waals surface area (Å²) in [6.45, 7) is 1.27. The lowest BCUT2D eigenvalue weighted by Gasteiger charge is -2.23. The minimum atomic E-state index is -1.40. The summed E-state index contributed by atoms with van der Waals surface area (Å²) in [5.41, 5.74) is 1.28. The first kappa shape index (κ1) is 23.2. The van der Waals surface area contributed by atoms with Gasteiger partial charge in [-0.05, 0) is 24.1 Å². The van der Waals surface area contributed by atoms with Crippen LogP contribution < -0.4 is 10.6 Å². The van der Waals surface area contributed by atoms with E-state index in [1.807, 2.05) is 6.07 Å². The Morgan fingerprint density at radius 1 is 1.03 bits per heavy atom. The van der Waals surface area contributed by atoms with Gasteiger partial charge in [0.1, 0.15) is 18.7 Å². The minimum absolute atomic E-state index is 0.0227. The molecule has 8 nitrogen and oxygen atoms in total. The summed E-state index contributed by atoms with van der Waals surface area (Å²) < 4.78 is 5.05. The number of carboxylic acids is 1. The third kappa shape index (κ3) is 7.06. The number of alkyl carbamates (subject to hydrolysis) is 1. The van der Waals surface area contributed by atoms with Crippen molar-refractivity contribution < 1.29 is 29.3 Å².